The molecule has 2 atom stereocenters. The zero-order chi connectivity index (χ0) is 15.0. The topological polar surface area (TPSA) is 92.3 Å². The Hall–Kier alpha value is -2.33. The van der Waals surface area contributed by atoms with Gasteiger partial charge in [-0.05, 0) is 6.92 Å². The number of carbonyl (C=O) groups excluding carboxylic acids is 1. The van der Waals surface area contributed by atoms with Crippen molar-refractivity contribution in [2.24, 2.45) is 5.92 Å². The predicted octanol–water partition coefficient (Wildman–Crippen LogP) is 1.16. The van der Waals surface area contributed by atoms with Crippen LogP contribution in [0.2, 0.25) is 5.15 Å². The van der Waals surface area contributed by atoms with E-state index in [1.54, 1.807) is 0 Å². The number of nitrogens with one attached hydrogen (secondary N) is 1. The van der Waals surface area contributed by atoms with Crippen molar-refractivity contribution in [1.29, 1.82) is 5.26 Å². The molecule has 108 valence electrons. The van der Waals surface area contributed by atoms with Gasteiger partial charge in [-0.1, -0.05) is 11.6 Å². The third-order valence-electron chi connectivity index (χ3n) is 3.53. The normalized spacial score (nSPS) is 19.3. The van der Waals surface area contributed by atoms with Crippen LogP contribution in [0.25, 0.3) is 5.52 Å². The molecule has 0 aliphatic carbocycles. The minimum Gasteiger partial charge on any atom is -0.473 e. The van der Waals surface area contributed by atoms with E-state index in [4.69, 9.17) is 21.6 Å². The lowest BCUT2D eigenvalue weighted by atomic mass is 10.0. The minimum atomic E-state index is -0.236. The van der Waals surface area contributed by atoms with Gasteiger partial charge in [0.1, 0.15) is 23.3 Å². The summed E-state index contributed by atoms with van der Waals surface area (Å²) in [6.45, 7) is 2.44. The molecule has 0 saturated carbocycles. The fourth-order valence-corrected chi connectivity index (χ4v) is 2.52. The molecule has 1 saturated heterocycles. The zero-order valence-electron chi connectivity index (χ0n) is 11.2. The maximum Gasteiger partial charge on any atom is 0.243 e. The highest BCUT2D eigenvalue weighted by atomic mass is 35.5. The summed E-state index contributed by atoms with van der Waals surface area (Å²) in [6, 6.07) is 2.05. The first-order chi connectivity index (χ1) is 10.1. The van der Waals surface area contributed by atoms with Gasteiger partial charge >= 0.3 is 0 Å². The number of hydrogen-bond acceptors (Lipinski definition) is 5. The van der Waals surface area contributed by atoms with Crippen LogP contribution in [0, 0.1) is 17.2 Å². The van der Waals surface area contributed by atoms with E-state index in [2.05, 4.69) is 15.4 Å². The average Bonchev–Trinajstić information content (AvgIpc) is 3.04. The van der Waals surface area contributed by atoms with Crippen molar-refractivity contribution in [3.8, 4) is 11.9 Å². The van der Waals surface area contributed by atoms with Gasteiger partial charge in [0.25, 0.3) is 0 Å². The first kappa shape index (κ1) is 13.6. The van der Waals surface area contributed by atoms with E-state index in [9.17, 15) is 4.79 Å². The van der Waals surface area contributed by atoms with E-state index in [-0.39, 0.29) is 29.0 Å². The second-order valence-corrected chi connectivity index (χ2v) is 5.31. The molecular formula is C13H12ClN5O2. The van der Waals surface area contributed by atoms with Crippen LogP contribution in [0.1, 0.15) is 18.9 Å². The van der Waals surface area contributed by atoms with Gasteiger partial charge < -0.3 is 10.1 Å². The molecule has 7 nitrogen and oxygen atoms in total. The van der Waals surface area contributed by atoms with Gasteiger partial charge in [-0.2, -0.15) is 15.3 Å². The van der Waals surface area contributed by atoms with Gasteiger partial charge in [-0.25, -0.2) is 4.52 Å². The molecule has 1 N–H and O–H groups in total. The number of fused-ring (bicyclic) bond motifs is 1. The Morgan fingerprint density at radius 1 is 1.67 bits per heavy atom. The van der Waals surface area contributed by atoms with Crippen molar-refractivity contribution in [3.05, 3.63) is 23.1 Å². The number of ether oxygens (including phenoxy) is 1. The van der Waals surface area contributed by atoms with Gasteiger partial charge in [0.05, 0.1) is 12.4 Å². The third kappa shape index (κ3) is 2.50. The second-order valence-electron chi connectivity index (χ2n) is 4.92. The van der Waals surface area contributed by atoms with E-state index >= 15 is 0 Å². The Morgan fingerprint density at radius 2 is 2.48 bits per heavy atom. The van der Waals surface area contributed by atoms with Crippen molar-refractivity contribution in [1.82, 2.24) is 19.9 Å². The summed E-state index contributed by atoms with van der Waals surface area (Å²) < 4.78 is 7.31. The molecule has 2 aromatic rings. The van der Waals surface area contributed by atoms with Crippen molar-refractivity contribution in [2.75, 3.05) is 6.54 Å². The number of nitriles is 1. The standard InChI is InChI=1S/C13H12ClN5O2/c1-7(8-2-11(20)16-4-8)21-13-12-9(3-15)5-17-19(12)6-10(14)18-13/h5-8H,2,4H2,1H3,(H,16,20). The molecule has 0 spiro atoms. The molecule has 1 amide bonds. The molecule has 3 heterocycles. The zero-order valence-corrected chi connectivity index (χ0v) is 12.0. The highest BCUT2D eigenvalue weighted by Crippen LogP contribution is 2.26. The van der Waals surface area contributed by atoms with Crippen molar-refractivity contribution in [2.45, 2.75) is 19.4 Å². The van der Waals surface area contributed by atoms with E-state index in [1.165, 1.54) is 16.9 Å². The van der Waals surface area contributed by atoms with Gasteiger partial charge in [0.2, 0.25) is 11.8 Å². The van der Waals surface area contributed by atoms with Crippen molar-refractivity contribution < 1.29 is 9.53 Å². The van der Waals surface area contributed by atoms with Crippen LogP contribution in [0.5, 0.6) is 5.88 Å². The lowest BCUT2D eigenvalue weighted by Crippen LogP contribution is -2.26. The number of aromatic nitrogens is 3. The smallest absolute Gasteiger partial charge is 0.243 e. The Bertz CT molecular complexity index is 751. The fraction of sp³-hybridized carbons (Fsp3) is 0.385. The molecule has 1 aliphatic heterocycles. The summed E-state index contributed by atoms with van der Waals surface area (Å²) in [4.78, 5) is 15.4. The van der Waals surface area contributed by atoms with Crippen LogP contribution >= 0.6 is 11.6 Å². The maximum absolute atomic E-state index is 11.3. The molecule has 0 bridgehead atoms. The lowest BCUT2D eigenvalue weighted by Gasteiger charge is -2.19. The van der Waals surface area contributed by atoms with Crippen LogP contribution in [-0.2, 0) is 4.79 Å². The summed E-state index contributed by atoms with van der Waals surface area (Å²) in [5, 5.41) is 16.2. The van der Waals surface area contributed by atoms with Gasteiger partial charge in [0.15, 0.2) is 5.15 Å². The molecule has 0 aromatic carbocycles. The molecule has 1 fully saturated rings. The first-order valence-corrected chi connectivity index (χ1v) is 6.83. The molecule has 8 heteroatoms. The highest BCUT2D eigenvalue weighted by Gasteiger charge is 2.29. The van der Waals surface area contributed by atoms with Crippen LogP contribution in [-0.4, -0.2) is 33.2 Å². The number of hydrogen-bond donors (Lipinski definition) is 1. The fourth-order valence-electron chi connectivity index (χ4n) is 2.35. The molecule has 21 heavy (non-hydrogen) atoms. The van der Waals surface area contributed by atoms with E-state index in [0.29, 0.717) is 24.0 Å². The number of carbonyl (C=O) groups is 1. The SMILES string of the molecule is CC(Oc1nc(Cl)cn2ncc(C#N)c12)C1CNC(=O)C1. The molecule has 0 radical (unpaired) electrons. The Kier molecular flexibility index (Phi) is 3.39. The van der Waals surface area contributed by atoms with E-state index in [0.717, 1.165) is 0 Å². The Labute approximate surface area is 125 Å². The quantitative estimate of drug-likeness (QED) is 0.918. The second kappa shape index (κ2) is 5.22. The largest absolute Gasteiger partial charge is 0.473 e. The Balaban J connectivity index is 1.94. The Morgan fingerprint density at radius 3 is 3.14 bits per heavy atom. The molecule has 1 aliphatic rings. The van der Waals surface area contributed by atoms with Crippen LogP contribution in [0.15, 0.2) is 12.4 Å². The minimum absolute atomic E-state index is 0.0155. The molecule has 2 aromatic heterocycles. The van der Waals surface area contributed by atoms with Gasteiger partial charge in [0, 0.05) is 18.9 Å². The van der Waals surface area contributed by atoms with Crippen LogP contribution < -0.4 is 10.1 Å². The molecule has 3 rings (SSSR count). The number of halogens is 1. The maximum atomic E-state index is 11.3. The van der Waals surface area contributed by atoms with E-state index < -0.39 is 0 Å². The van der Waals surface area contributed by atoms with Crippen molar-refractivity contribution in [3.63, 3.8) is 0 Å². The number of amides is 1. The lowest BCUT2D eigenvalue weighted by molar-refractivity contribution is -0.119. The van der Waals surface area contributed by atoms with Gasteiger partial charge in [-0.15, -0.1) is 0 Å². The summed E-state index contributed by atoms with van der Waals surface area (Å²) in [5.41, 5.74) is 0.841. The summed E-state index contributed by atoms with van der Waals surface area (Å²) in [6.07, 6.45) is 3.13. The predicted molar refractivity (Wildman–Crippen MR) is 73.9 cm³/mol. The van der Waals surface area contributed by atoms with Gasteiger partial charge in [-0.3, -0.25) is 4.79 Å². The average molecular weight is 306 g/mol. The summed E-state index contributed by atoms with van der Waals surface area (Å²) in [7, 11) is 0. The van der Waals surface area contributed by atoms with Crippen LogP contribution in [0.4, 0.5) is 0 Å². The summed E-state index contributed by atoms with van der Waals surface area (Å²) >= 11 is 5.94. The number of nitrogens with zero attached hydrogens (tertiary/aromatic N) is 4. The number of rotatable bonds is 3. The molecular weight excluding hydrogens is 294 g/mol. The monoisotopic (exact) mass is 305 g/mol. The van der Waals surface area contributed by atoms with Crippen LogP contribution in [0.3, 0.4) is 0 Å². The first-order valence-electron chi connectivity index (χ1n) is 6.46. The highest BCUT2D eigenvalue weighted by molar-refractivity contribution is 6.29. The summed E-state index contributed by atoms with van der Waals surface area (Å²) in [5.74, 6) is 0.330. The van der Waals surface area contributed by atoms with E-state index in [1.807, 2.05) is 13.0 Å². The third-order valence-corrected chi connectivity index (χ3v) is 3.71. The van der Waals surface area contributed by atoms with Crippen molar-refractivity contribution >= 4 is 23.0 Å². The molecule has 2 unspecified atom stereocenters.